The first-order valence-corrected chi connectivity index (χ1v) is 8.54. The van der Waals surface area contributed by atoms with Crippen molar-refractivity contribution in [2.75, 3.05) is 12.3 Å². The average molecular weight is 316 g/mol. The van der Waals surface area contributed by atoms with Crippen molar-refractivity contribution in [3.63, 3.8) is 0 Å². The highest BCUT2D eigenvalue weighted by atomic mass is 32.2. The van der Waals surface area contributed by atoms with Crippen molar-refractivity contribution in [1.29, 1.82) is 0 Å². The minimum Gasteiger partial charge on any atom is -0.476 e. The number of carboxylic acid groups (broad SMARTS) is 1. The largest absolute Gasteiger partial charge is 0.476 e. The van der Waals surface area contributed by atoms with Gasteiger partial charge in [-0.3, -0.25) is 4.79 Å². The number of aromatic nitrogens is 1. The number of thioether (sulfide) groups is 1. The molecule has 1 aromatic rings. The fraction of sp³-hybridized carbons (Fsp3) is 0.615. The molecule has 1 aromatic heterocycles. The number of carbonyl (C=O) groups excluding carboxylic acids is 1. The fourth-order valence-corrected chi connectivity index (χ4v) is 3.26. The first-order valence-electron chi connectivity index (χ1n) is 6.61. The highest BCUT2D eigenvalue weighted by molar-refractivity contribution is 8.00. The van der Waals surface area contributed by atoms with E-state index in [4.69, 9.17) is 5.11 Å². The Morgan fingerprint density at radius 2 is 2.30 bits per heavy atom. The van der Waals surface area contributed by atoms with Crippen molar-refractivity contribution in [3.8, 4) is 0 Å². The first kappa shape index (κ1) is 17.0. The number of aromatic carboxylic acids is 1. The van der Waals surface area contributed by atoms with Crippen LogP contribution in [0.25, 0.3) is 0 Å². The first-order chi connectivity index (χ1) is 9.54. The van der Waals surface area contributed by atoms with E-state index < -0.39 is 5.97 Å². The normalized spacial score (nSPS) is 12.1. The summed E-state index contributed by atoms with van der Waals surface area (Å²) in [5.41, 5.74) is 0.0693. The molecule has 1 rings (SSSR count). The van der Waals surface area contributed by atoms with E-state index in [0.717, 1.165) is 23.6 Å². The molecule has 0 aliphatic heterocycles. The molecule has 0 aliphatic rings. The summed E-state index contributed by atoms with van der Waals surface area (Å²) in [6, 6.07) is 0. The minimum absolute atomic E-state index is 0.0288. The summed E-state index contributed by atoms with van der Waals surface area (Å²) in [5.74, 6) is 0.0121. The van der Waals surface area contributed by atoms with Gasteiger partial charge < -0.3 is 10.4 Å². The van der Waals surface area contributed by atoms with Crippen LogP contribution in [0, 0.1) is 0 Å². The molecule has 2 N–H and O–H groups in total. The van der Waals surface area contributed by atoms with Crippen LogP contribution in [0.2, 0.25) is 0 Å². The Hall–Kier alpha value is -1.08. The van der Waals surface area contributed by atoms with E-state index in [-0.39, 0.29) is 16.9 Å². The summed E-state index contributed by atoms with van der Waals surface area (Å²) in [4.78, 5) is 26.5. The average Bonchev–Trinajstić information content (AvgIpc) is 2.87. The van der Waals surface area contributed by atoms with Gasteiger partial charge in [0.1, 0.15) is 0 Å². The maximum atomic E-state index is 11.8. The second kappa shape index (κ2) is 8.97. The summed E-state index contributed by atoms with van der Waals surface area (Å²) in [5, 5.41) is 13.8. The molecule has 1 heterocycles. The maximum Gasteiger partial charge on any atom is 0.355 e. The quantitative estimate of drug-likeness (QED) is 0.684. The highest BCUT2D eigenvalue weighted by Gasteiger charge is 2.13. The zero-order valence-electron chi connectivity index (χ0n) is 11.7. The van der Waals surface area contributed by atoms with Gasteiger partial charge in [-0.1, -0.05) is 13.3 Å². The Morgan fingerprint density at radius 3 is 2.90 bits per heavy atom. The van der Waals surface area contributed by atoms with Crippen LogP contribution in [0.15, 0.2) is 5.38 Å². The predicted molar refractivity (Wildman–Crippen MR) is 82.6 cm³/mol. The summed E-state index contributed by atoms with van der Waals surface area (Å²) >= 11 is 2.97. The molecule has 1 amide bonds. The van der Waals surface area contributed by atoms with Crippen LogP contribution in [-0.2, 0) is 11.2 Å². The van der Waals surface area contributed by atoms with Gasteiger partial charge in [-0.25, -0.2) is 9.78 Å². The molecular weight excluding hydrogens is 296 g/mol. The van der Waals surface area contributed by atoms with Crippen LogP contribution in [0.3, 0.4) is 0 Å². The molecule has 0 spiro atoms. The molecule has 0 radical (unpaired) electrons. The Kier molecular flexibility index (Phi) is 7.61. The van der Waals surface area contributed by atoms with E-state index in [1.165, 1.54) is 16.7 Å². The van der Waals surface area contributed by atoms with Gasteiger partial charge in [0, 0.05) is 18.3 Å². The number of nitrogens with one attached hydrogen (secondary N) is 1. The molecule has 0 fully saturated rings. The Morgan fingerprint density at radius 1 is 1.55 bits per heavy atom. The van der Waals surface area contributed by atoms with E-state index in [9.17, 15) is 9.59 Å². The van der Waals surface area contributed by atoms with Crippen molar-refractivity contribution in [2.45, 2.75) is 38.4 Å². The lowest BCUT2D eigenvalue weighted by Gasteiger charge is -2.11. The summed E-state index contributed by atoms with van der Waals surface area (Å²) in [6.07, 6.45) is 2.83. The van der Waals surface area contributed by atoms with Crippen LogP contribution in [0.4, 0.5) is 0 Å². The zero-order chi connectivity index (χ0) is 15.0. The highest BCUT2D eigenvalue weighted by Crippen LogP contribution is 2.13. The van der Waals surface area contributed by atoms with Gasteiger partial charge in [0.25, 0.3) is 0 Å². The summed E-state index contributed by atoms with van der Waals surface area (Å²) in [7, 11) is 0. The minimum atomic E-state index is -1.02. The lowest BCUT2D eigenvalue weighted by Crippen LogP contribution is -2.32. The van der Waals surface area contributed by atoms with Crippen molar-refractivity contribution in [3.05, 3.63) is 16.1 Å². The summed E-state index contributed by atoms with van der Waals surface area (Å²) in [6.45, 7) is 4.52. The Balaban J connectivity index is 2.25. The molecule has 1 unspecified atom stereocenters. The van der Waals surface area contributed by atoms with Crippen LogP contribution in [-0.4, -0.2) is 39.5 Å². The number of carbonyl (C=O) groups is 2. The van der Waals surface area contributed by atoms with Gasteiger partial charge >= 0.3 is 5.97 Å². The number of nitrogens with zero attached hydrogens (tertiary/aromatic N) is 1. The third-order valence-corrected chi connectivity index (χ3v) is 4.79. The van der Waals surface area contributed by atoms with Crippen LogP contribution in [0.5, 0.6) is 0 Å². The third-order valence-electron chi connectivity index (χ3n) is 2.64. The lowest BCUT2D eigenvalue weighted by molar-refractivity contribution is -0.120. The Bertz CT molecular complexity index is 449. The van der Waals surface area contributed by atoms with Gasteiger partial charge in [0.05, 0.1) is 10.3 Å². The molecule has 0 aromatic carbocycles. The second-order valence-corrected chi connectivity index (χ2v) is 6.73. The van der Waals surface area contributed by atoms with E-state index in [0.29, 0.717) is 13.0 Å². The van der Waals surface area contributed by atoms with E-state index in [1.54, 1.807) is 11.8 Å². The number of hydrogen-bond donors (Lipinski definition) is 2. The number of hydrogen-bond acceptors (Lipinski definition) is 5. The molecule has 20 heavy (non-hydrogen) atoms. The van der Waals surface area contributed by atoms with E-state index in [2.05, 4.69) is 17.2 Å². The van der Waals surface area contributed by atoms with Gasteiger partial charge in [0.2, 0.25) is 5.91 Å². The van der Waals surface area contributed by atoms with Crippen molar-refractivity contribution in [1.82, 2.24) is 10.3 Å². The molecule has 0 saturated heterocycles. The zero-order valence-corrected chi connectivity index (χ0v) is 13.4. The molecule has 112 valence electrons. The topological polar surface area (TPSA) is 79.3 Å². The van der Waals surface area contributed by atoms with Crippen molar-refractivity contribution >= 4 is 35.0 Å². The molecule has 0 saturated carbocycles. The standard InChI is InChI=1S/C13H20N2O3S2/c1-3-4-7-19-9(2)12(16)14-6-5-11-15-10(8-20-11)13(17)18/h8-9H,3-7H2,1-2H3,(H,14,16)(H,17,18). The number of unbranched alkanes of at least 4 members (excludes halogenated alkanes) is 1. The number of rotatable bonds is 9. The molecule has 0 aliphatic carbocycles. The van der Waals surface area contributed by atoms with Crippen LogP contribution >= 0.6 is 23.1 Å². The third kappa shape index (κ3) is 5.92. The Labute approximate surface area is 127 Å². The predicted octanol–water partition coefficient (Wildman–Crippen LogP) is 2.42. The molecule has 7 heteroatoms. The second-order valence-electron chi connectivity index (χ2n) is 4.34. The SMILES string of the molecule is CCCCSC(C)C(=O)NCCc1nc(C(=O)O)cs1. The van der Waals surface area contributed by atoms with Gasteiger partial charge in [-0.15, -0.1) is 23.1 Å². The number of carboxylic acids is 1. The number of thiazole rings is 1. The van der Waals surface area contributed by atoms with Crippen molar-refractivity contribution < 1.29 is 14.7 Å². The van der Waals surface area contributed by atoms with Gasteiger partial charge in [-0.05, 0) is 19.1 Å². The fourth-order valence-electron chi connectivity index (χ4n) is 1.44. The summed E-state index contributed by atoms with van der Waals surface area (Å²) < 4.78 is 0. The smallest absolute Gasteiger partial charge is 0.355 e. The van der Waals surface area contributed by atoms with Crippen LogP contribution in [0.1, 0.15) is 42.2 Å². The van der Waals surface area contributed by atoms with Crippen LogP contribution < -0.4 is 5.32 Å². The molecule has 1 atom stereocenters. The molecule has 0 bridgehead atoms. The lowest BCUT2D eigenvalue weighted by atomic mass is 10.4. The van der Waals surface area contributed by atoms with E-state index >= 15 is 0 Å². The van der Waals surface area contributed by atoms with Gasteiger partial charge in [0.15, 0.2) is 5.69 Å². The van der Waals surface area contributed by atoms with Crippen molar-refractivity contribution in [2.24, 2.45) is 0 Å². The van der Waals surface area contributed by atoms with E-state index in [1.807, 2.05) is 6.92 Å². The molecule has 5 nitrogen and oxygen atoms in total. The monoisotopic (exact) mass is 316 g/mol. The number of amides is 1. The molecular formula is C13H20N2O3S2. The maximum absolute atomic E-state index is 11.8. The van der Waals surface area contributed by atoms with Gasteiger partial charge in [-0.2, -0.15) is 0 Å².